The molecule has 1 N–H and O–H groups in total. The van der Waals surface area contributed by atoms with Gasteiger partial charge in [-0.15, -0.1) is 6.58 Å². The van der Waals surface area contributed by atoms with Crippen LogP contribution >= 0.6 is 0 Å². The third-order valence-electron chi connectivity index (χ3n) is 2.98. The van der Waals surface area contributed by atoms with Crippen LogP contribution in [0.25, 0.3) is 0 Å². The summed E-state index contributed by atoms with van der Waals surface area (Å²) in [6.45, 7) is 9.14. The minimum absolute atomic E-state index is 0.467. The molecule has 1 unspecified atom stereocenters. The molecule has 0 aliphatic carbocycles. The number of hydrogen-bond donors (Lipinski definition) is 1. The zero-order chi connectivity index (χ0) is 9.73. The second-order valence-electron chi connectivity index (χ2n) is 4.00. The van der Waals surface area contributed by atoms with Crippen molar-refractivity contribution in [1.29, 1.82) is 0 Å². The van der Waals surface area contributed by atoms with E-state index in [9.17, 15) is 5.11 Å². The third-order valence-corrected chi connectivity index (χ3v) is 2.98. The van der Waals surface area contributed by atoms with Gasteiger partial charge in [-0.1, -0.05) is 13.0 Å². The molecule has 1 aliphatic rings. The van der Waals surface area contributed by atoms with Crippen LogP contribution in [0.1, 0.15) is 32.6 Å². The van der Waals surface area contributed by atoms with Gasteiger partial charge in [0.15, 0.2) is 0 Å². The summed E-state index contributed by atoms with van der Waals surface area (Å²) in [5.41, 5.74) is -0.467. The average molecular weight is 183 g/mol. The normalized spacial score (nSPS) is 31.2. The van der Waals surface area contributed by atoms with Gasteiger partial charge < -0.3 is 10.0 Å². The van der Waals surface area contributed by atoms with Gasteiger partial charge in [-0.2, -0.15) is 0 Å². The van der Waals surface area contributed by atoms with E-state index in [-0.39, 0.29) is 0 Å². The summed E-state index contributed by atoms with van der Waals surface area (Å²) < 4.78 is 0. The monoisotopic (exact) mass is 183 g/mol. The molecule has 0 aromatic rings. The van der Waals surface area contributed by atoms with E-state index in [1.54, 1.807) is 0 Å². The lowest BCUT2D eigenvalue weighted by atomic mass is 9.91. The van der Waals surface area contributed by atoms with Gasteiger partial charge in [0.25, 0.3) is 0 Å². The van der Waals surface area contributed by atoms with Gasteiger partial charge in [-0.05, 0) is 38.8 Å². The molecule has 0 radical (unpaired) electrons. The van der Waals surface area contributed by atoms with Gasteiger partial charge in [-0.3, -0.25) is 0 Å². The van der Waals surface area contributed by atoms with Crippen LogP contribution in [0.3, 0.4) is 0 Å². The Morgan fingerprint density at radius 2 is 2.23 bits per heavy atom. The largest absolute Gasteiger partial charge is 0.390 e. The van der Waals surface area contributed by atoms with Crippen molar-refractivity contribution in [3.8, 4) is 0 Å². The van der Waals surface area contributed by atoms with Crippen LogP contribution in [0, 0.1) is 0 Å². The topological polar surface area (TPSA) is 23.5 Å². The second-order valence-corrected chi connectivity index (χ2v) is 4.00. The Bertz CT molecular complexity index is 169. The molecule has 76 valence electrons. The molecule has 2 nitrogen and oxygen atoms in total. The molecule has 1 fully saturated rings. The Morgan fingerprint density at radius 1 is 1.46 bits per heavy atom. The van der Waals surface area contributed by atoms with Crippen LogP contribution in [-0.2, 0) is 0 Å². The average Bonchev–Trinajstić information content (AvgIpc) is 2.28. The SMILES string of the molecule is C=CCC1(O)CCCN(CC)CC1. The summed E-state index contributed by atoms with van der Waals surface area (Å²) in [5.74, 6) is 0. The summed E-state index contributed by atoms with van der Waals surface area (Å²) in [4.78, 5) is 2.40. The van der Waals surface area contributed by atoms with E-state index in [0.29, 0.717) is 0 Å². The smallest absolute Gasteiger partial charge is 0.0694 e. The van der Waals surface area contributed by atoms with E-state index in [4.69, 9.17) is 0 Å². The summed E-state index contributed by atoms with van der Waals surface area (Å²) >= 11 is 0. The summed E-state index contributed by atoms with van der Waals surface area (Å²) in [7, 11) is 0. The van der Waals surface area contributed by atoms with Crippen molar-refractivity contribution in [2.24, 2.45) is 0 Å². The van der Waals surface area contributed by atoms with Crippen molar-refractivity contribution in [3.63, 3.8) is 0 Å². The van der Waals surface area contributed by atoms with Crippen molar-refractivity contribution in [1.82, 2.24) is 4.90 Å². The van der Waals surface area contributed by atoms with Crippen LogP contribution in [0.4, 0.5) is 0 Å². The Labute approximate surface area is 81.2 Å². The lowest BCUT2D eigenvalue weighted by Crippen LogP contribution is -2.30. The highest BCUT2D eigenvalue weighted by Gasteiger charge is 2.27. The summed E-state index contributed by atoms with van der Waals surface area (Å²) in [5, 5.41) is 10.2. The van der Waals surface area contributed by atoms with E-state index in [0.717, 1.165) is 45.3 Å². The first-order valence-electron chi connectivity index (χ1n) is 5.26. The van der Waals surface area contributed by atoms with Crippen molar-refractivity contribution in [2.75, 3.05) is 19.6 Å². The molecule has 1 rings (SSSR count). The highest BCUT2D eigenvalue weighted by Crippen LogP contribution is 2.25. The van der Waals surface area contributed by atoms with Crippen LogP contribution < -0.4 is 0 Å². The fraction of sp³-hybridized carbons (Fsp3) is 0.818. The molecule has 2 heteroatoms. The van der Waals surface area contributed by atoms with Gasteiger partial charge >= 0.3 is 0 Å². The van der Waals surface area contributed by atoms with Crippen molar-refractivity contribution < 1.29 is 5.11 Å². The van der Waals surface area contributed by atoms with E-state index in [1.807, 2.05) is 6.08 Å². The number of rotatable bonds is 3. The highest BCUT2D eigenvalue weighted by molar-refractivity contribution is 4.89. The summed E-state index contributed by atoms with van der Waals surface area (Å²) in [6.07, 6.45) is 5.51. The van der Waals surface area contributed by atoms with E-state index >= 15 is 0 Å². The van der Waals surface area contributed by atoms with Crippen molar-refractivity contribution in [3.05, 3.63) is 12.7 Å². The zero-order valence-corrected chi connectivity index (χ0v) is 8.63. The quantitative estimate of drug-likeness (QED) is 0.674. The van der Waals surface area contributed by atoms with Crippen molar-refractivity contribution in [2.45, 2.75) is 38.2 Å². The standard InChI is InChI=1S/C11H21NO/c1-3-6-11(13)7-5-9-12(4-2)10-8-11/h3,13H,1,4-10H2,2H3. The lowest BCUT2D eigenvalue weighted by molar-refractivity contribution is 0.0285. The molecule has 1 aliphatic heterocycles. The molecule has 1 heterocycles. The second kappa shape index (κ2) is 4.77. The first kappa shape index (κ1) is 10.7. The van der Waals surface area contributed by atoms with E-state index < -0.39 is 5.60 Å². The third kappa shape index (κ3) is 3.12. The van der Waals surface area contributed by atoms with Crippen LogP contribution in [0.15, 0.2) is 12.7 Å². The number of nitrogens with zero attached hydrogens (tertiary/aromatic N) is 1. The Kier molecular flexibility index (Phi) is 3.94. The van der Waals surface area contributed by atoms with Gasteiger partial charge in [0.2, 0.25) is 0 Å². The molecule has 0 aromatic carbocycles. The first-order valence-corrected chi connectivity index (χ1v) is 5.26. The van der Waals surface area contributed by atoms with Crippen LogP contribution in [0.5, 0.6) is 0 Å². The fourth-order valence-corrected chi connectivity index (χ4v) is 2.02. The minimum atomic E-state index is -0.467. The maximum atomic E-state index is 10.2. The molecular weight excluding hydrogens is 162 g/mol. The molecule has 0 amide bonds. The van der Waals surface area contributed by atoms with Crippen LogP contribution in [-0.4, -0.2) is 35.2 Å². The molecule has 0 bridgehead atoms. The maximum absolute atomic E-state index is 10.2. The van der Waals surface area contributed by atoms with E-state index in [2.05, 4.69) is 18.4 Å². The molecule has 0 aromatic heterocycles. The fourth-order valence-electron chi connectivity index (χ4n) is 2.02. The maximum Gasteiger partial charge on any atom is 0.0694 e. The number of likely N-dealkylation sites (tertiary alicyclic amines) is 1. The molecule has 1 saturated heterocycles. The molecular formula is C11H21NO. The Hall–Kier alpha value is -0.340. The van der Waals surface area contributed by atoms with E-state index in [1.165, 1.54) is 0 Å². The predicted molar refractivity (Wildman–Crippen MR) is 55.7 cm³/mol. The highest BCUT2D eigenvalue weighted by atomic mass is 16.3. The molecule has 0 spiro atoms. The zero-order valence-electron chi connectivity index (χ0n) is 8.63. The Morgan fingerprint density at radius 3 is 2.85 bits per heavy atom. The van der Waals surface area contributed by atoms with Gasteiger partial charge in [-0.25, -0.2) is 0 Å². The number of aliphatic hydroxyl groups is 1. The predicted octanol–water partition coefficient (Wildman–Crippen LogP) is 1.80. The van der Waals surface area contributed by atoms with Crippen molar-refractivity contribution >= 4 is 0 Å². The minimum Gasteiger partial charge on any atom is -0.390 e. The van der Waals surface area contributed by atoms with Gasteiger partial charge in [0, 0.05) is 6.54 Å². The molecule has 1 atom stereocenters. The first-order chi connectivity index (χ1) is 6.20. The van der Waals surface area contributed by atoms with Crippen LogP contribution in [0.2, 0.25) is 0 Å². The lowest BCUT2D eigenvalue weighted by Gasteiger charge is -2.25. The molecule has 13 heavy (non-hydrogen) atoms. The molecule has 0 saturated carbocycles. The van der Waals surface area contributed by atoms with Gasteiger partial charge in [0.05, 0.1) is 5.60 Å². The van der Waals surface area contributed by atoms with Gasteiger partial charge in [0.1, 0.15) is 0 Å². The number of hydrogen-bond acceptors (Lipinski definition) is 2. The summed E-state index contributed by atoms with van der Waals surface area (Å²) in [6, 6.07) is 0. The Balaban J connectivity index is 2.47.